The fourth-order valence-corrected chi connectivity index (χ4v) is 2.36. The monoisotopic (exact) mass is 372 g/mol. The second kappa shape index (κ2) is 8.44. The van der Waals surface area contributed by atoms with Crippen LogP contribution in [0.2, 0.25) is 0 Å². The topological polar surface area (TPSA) is 95.5 Å². The molecule has 0 atom stereocenters. The lowest BCUT2D eigenvalue weighted by Crippen LogP contribution is -2.29. The third-order valence-corrected chi connectivity index (χ3v) is 3.91. The Morgan fingerprint density at radius 2 is 1.67 bits per heavy atom. The molecule has 0 fully saturated rings. The molecule has 0 aliphatic rings. The number of carboxylic acid groups (broad SMARTS) is 1. The van der Waals surface area contributed by atoms with Crippen molar-refractivity contribution in [1.29, 1.82) is 0 Å². The van der Waals surface area contributed by atoms with Crippen LogP contribution in [0.3, 0.4) is 0 Å². The van der Waals surface area contributed by atoms with E-state index in [1.807, 2.05) is 6.07 Å². The lowest BCUT2D eigenvalue weighted by Gasteiger charge is -2.18. The molecule has 3 N–H and O–H groups in total. The number of hydrogen-bond donors (Lipinski definition) is 3. The number of amides is 2. The predicted octanol–water partition coefficient (Wildman–Crippen LogP) is 3.45. The van der Waals surface area contributed by atoms with E-state index in [9.17, 15) is 18.8 Å². The van der Waals surface area contributed by atoms with Crippen molar-refractivity contribution in [3.8, 4) is 0 Å². The number of carbonyl (C=O) groups is 3. The van der Waals surface area contributed by atoms with Crippen molar-refractivity contribution in [3.63, 3.8) is 0 Å². The summed E-state index contributed by atoms with van der Waals surface area (Å²) >= 11 is 0. The molecule has 0 aliphatic heterocycles. The maximum atomic E-state index is 14.0. The van der Waals surface area contributed by atoms with E-state index in [-0.39, 0.29) is 24.2 Å². The molecular formula is C20H21FN2O4. The van der Waals surface area contributed by atoms with Crippen molar-refractivity contribution in [1.82, 2.24) is 0 Å². The van der Waals surface area contributed by atoms with Crippen molar-refractivity contribution < 1.29 is 23.9 Å². The first-order valence-electron chi connectivity index (χ1n) is 8.34. The first-order chi connectivity index (χ1) is 12.7. The summed E-state index contributed by atoms with van der Waals surface area (Å²) in [6.07, 6.45) is -0.154. The highest BCUT2D eigenvalue weighted by atomic mass is 19.1. The van der Waals surface area contributed by atoms with Gasteiger partial charge in [0, 0.05) is 12.1 Å². The minimum absolute atomic E-state index is 0.0637. The van der Waals surface area contributed by atoms with Crippen LogP contribution in [0.1, 0.15) is 25.8 Å². The first-order valence-corrected chi connectivity index (χ1v) is 8.34. The van der Waals surface area contributed by atoms with E-state index < -0.39 is 29.0 Å². The third kappa shape index (κ3) is 5.91. The van der Waals surface area contributed by atoms with Crippen LogP contribution in [0.5, 0.6) is 0 Å². The summed E-state index contributed by atoms with van der Waals surface area (Å²) in [4.78, 5) is 35.2. The van der Waals surface area contributed by atoms with Gasteiger partial charge in [-0.2, -0.15) is 0 Å². The van der Waals surface area contributed by atoms with Gasteiger partial charge >= 0.3 is 5.97 Å². The molecule has 0 aromatic heterocycles. The van der Waals surface area contributed by atoms with Gasteiger partial charge < -0.3 is 15.7 Å². The average Bonchev–Trinajstić information content (AvgIpc) is 2.58. The predicted molar refractivity (Wildman–Crippen MR) is 99.8 cm³/mol. The molecule has 0 aliphatic carbocycles. The largest absolute Gasteiger partial charge is 0.481 e. The summed E-state index contributed by atoms with van der Waals surface area (Å²) in [6, 6.07) is 12.8. The second-order valence-corrected chi connectivity index (χ2v) is 6.82. The van der Waals surface area contributed by atoms with Gasteiger partial charge in [0.2, 0.25) is 11.8 Å². The smallest absolute Gasteiger partial charge is 0.309 e. The van der Waals surface area contributed by atoms with Gasteiger partial charge in [-0.15, -0.1) is 0 Å². The first kappa shape index (κ1) is 20.1. The molecule has 2 rings (SSSR count). The summed E-state index contributed by atoms with van der Waals surface area (Å²) in [6.45, 7) is 2.88. The lowest BCUT2D eigenvalue weighted by atomic mass is 9.89. The highest BCUT2D eigenvalue weighted by Gasteiger charge is 2.30. The SMILES string of the molecule is CC(C)(CC(=O)Nc1ccc(F)c(NC(=O)Cc2ccccc2)c1)C(=O)O. The summed E-state index contributed by atoms with van der Waals surface area (Å²) in [5.41, 5.74) is -0.240. The Morgan fingerprint density at radius 1 is 1.00 bits per heavy atom. The number of halogens is 1. The fraction of sp³-hybridized carbons (Fsp3) is 0.250. The normalized spacial score (nSPS) is 10.9. The van der Waals surface area contributed by atoms with Gasteiger partial charge in [-0.25, -0.2) is 4.39 Å². The second-order valence-electron chi connectivity index (χ2n) is 6.82. The van der Waals surface area contributed by atoms with Crippen LogP contribution in [-0.2, 0) is 20.8 Å². The van der Waals surface area contributed by atoms with E-state index in [0.29, 0.717) is 0 Å². The van der Waals surface area contributed by atoms with Crippen LogP contribution < -0.4 is 10.6 Å². The van der Waals surface area contributed by atoms with Gasteiger partial charge in [0.1, 0.15) is 5.82 Å². The molecule has 2 aromatic carbocycles. The quantitative estimate of drug-likeness (QED) is 0.694. The average molecular weight is 372 g/mol. The molecule has 0 bridgehead atoms. The Labute approximate surface area is 156 Å². The van der Waals surface area contributed by atoms with Crippen LogP contribution in [0.25, 0.3) is 0 Å². The number of anilines is 2. The van der Waals surface area contributed by atoms with Gasteiger partial charge in [0.05, 0.1) is 17.5 Å². The Kier molecular flexibility index (Phi) is 6.28. The number of carbonyl (C=O) groups excluding carboxylic acids is 2. The fourth-order valence-electron chi connectivity index (χ4n) is 2.36. The zero-order chi connectivity index (χ0) is 20.0. The van der Waals surface area contributed by atoms with Crippen LogP contribution in [-0.4, -0.2) is 22.9 Å². The maximum Gasteiger partial charge on any atom is 0.309 e. The number of rotatable bonds is 7. The van der Waals surface area contributed by atoms with E-state index in [0.717, 1.165) is 11.6 Å². The molecule has 27 heavy (non-hydrogen) atoms. The molecule has 142 valence electrons. The van der Waals surface area contributed by atoms with Crippen LogP contribution in [0.4, 0.5) is 15.8 Å². The minimum atomic E-state index is -1.23. The summed E-state index contributed by atoms with van der Waals surface area (Å²) in [7, 11) is 0. The van der Waals surface area contributed by atoms with Crippen molar-refractivity contribution >= 4 is 29.2 Å². The van der Waals surface area contributed by atoms with Crippen LogP contribution in [0, 0.1) is 11.2 Å². The van der Waals surface area contributed by atoms with E-state index in [2.05, 4.69) is 10.6 Å². The third-order valence-electron chi connectivity index (χ3n) is 3.91. The zero-order valence-electron chi connectivity index (χ0n) is 15.1. The van der Waals surface area contributed by atoms with Gasteiger partial charge in [-0.1, -0.05) is 30.3 Å². The Hall–Kier alpha value is -3.22. The van der Waals surface area contributed by atoms with Gasteiger partial charge in [0.15, 0.2) is 0 Å². The van der Waals surface area contributed by atoms with Crippen molar-refractivity contribution in [2.75, 3.05) is 10.6 Å². The molecule has 0 saturated carbocycles. The van der Waals surface area contributed by atoms with Crippen LogP contribution in [0.15, 0.2) is 48.5 Å². The standard InChI is InChI=1S/C20H21FN2O4/c1-20(2,19(26)27)12-18(25)22-14-8-9-15(21)16(11-14)23-17(24)10-13-6-4-3-5-7-13/h3-9,11H,10,12H2,1-2H3,(H,22,25)(H,23,24)(H,26,27). The summed E-state index contributed by atoms with van der Waals surface area (Å²) in [5.74, 6) is -2.64. The molecule has 7 heteroatoms. The van der Waals surface area contributed by atoms with E-state index in [1.165, 1.54) is 26.0 Å². The van der Waals surface area contributed by atoms with Gasteiger partial charge in [-0.05, 0) is 37.6 Å². The zero-order valence-corrected chi connectivity index (χ0v) is 15.1. The molecular weight excluding hydrogens is 351 g/mol. The Balaban J connectivity index is 2.04. The molecule has 0 saturated heterocycles. The molecule has 0 spiro atoms. The van der Waals surface area contributed by atoms with Crippen molar-refractivity contribution in [2.45, 2.75) is 26.7 Å². The van der Waals surface area contributed by atoms with Gasteiger partial charge in [-0.3, -0.25) is 14.4 Å². The molecule has 2 aromatic rings. The van der Waals surface area contributed by atoms with E-state index >= 15 is 0 Å². The van der Waals surface area contributed by atoms with Crippen LogP contribution >= 0.6 is 0 Å². The van der Waals surface area contributed by atoms with E-state index in [1.54, 1.807) is 24.3 Å². The lowest BCUT2D eigenvalue weighted by molar-refractivity contribution is -0.149. The van der Waals surface area contributed by atoms with Crippen molar-refractivity contribution in [2.24, 2.45) is 5.41 Å². The van der Waals surface area contributed by atoms with E-state index in [4.69, 9.17) is 5.11 Å². The van der Waals surface area contributed by atoms with Crippen molar-refractivity contribution in [3.05, 3.63) is 59.9 Å². The number of hydrogen-bond acceptors (Lipinski definition) is 3. The highest BCUT2D eigenvalue weighted by Crippen LogP contribution is 2.23. The summed E-state index contributed by atoms with van der Waals surface area (Å²) in [5, 5.41) is 14.1. The molecule has 0 radical (unpaired) electrons. The molecule has 0 heterocycles. The number of aliphatic carboxylic acids is 1. The summed E-state index contributed by atoms with van der Waals surface area (Å²) < 4.78 is 14.0. The minimum Gasteiger partial charge on any atom is -0.481 e. The Bertz CT molecular complexity index is 850. The molecule has 0 unspecified atom stereocenters. The highest BCUT2D eigenvalue weighted by molar-refractivity contribution is 5.96. The number of benzene rings is 2. The maximum absolute atomic E-state index is 14.0. The molecule has 6 nitrogen and oxygen atoms in total. The number of carboxylic acids is 1. The Morgan fingerprint density at radius 3 is 2.30 bits per heavy atom. The number of nitrogens with one attached hydrogen (secondary N) is 2. The molecule has 2 amide bonds. The van der Waals surface area contributed by atoms with Gasteiger partial charge in [0.25, 0.3) is 0 Å².